The van der Waals surface area contributed by atoms with Gasteiger partial charge in [0.25, 0.3) is 0 Å². The zero-order valence-corrected chi connectivity index (χ0v) is 14.7. The Hall–Kier alpha value is -2.54. The lowest BCUT2D eigenvalue weighted by molar-refractivity contribution is -0.119. The average Bonchev–Trinajstić information content (AvgIpc) is 3.44. The van der Waals surface area contributed by atoms with E-state index in [0.717, 1.165) is 12.8 Å². The van der Waals surface area contributed by atoms with Crippen molar-refractivity contribution in [1.29, 1.82) is 0 Å². The number of carbonyl (C=O) groups is 1. The van der Waals surface area contributed by atoms with Gasteiger partial charge in [0.2, 0.25) is 15.7 Å². The first-order valence-electron chi connectivity index (χ1n) is 8.02. The Labute approximate surface area is 147 Å². The van der Waals surface area contributed by atoms with E-state index in [1.807, 2.05) is 0 Å². The summed E-state index contributed by atoms with van der Waals surface area (Å²) in [5.74, 6) is 0.281. The molecule has 0 radical (unpaired) electrons. The monoisotopic (exact) mass is 360 g/mol. The molecule has 1 aliphatic rings. The molecule has 0 heterocycles. The van der Waals surface area contributed by atoms with Gasteiger partial charge in [-0.2, -0.15) is 0 Å². The second-order valence-electron chi connectivity index (χ2n) is 5.87. The highest BCUT2D eigenvalue weighted by Crippen LogP contribution is 2.31. The lowest BCUT2D eigenvalue weighted by Gasteiger charge is -2.14. The number of nitrogens with one attached hydrogen (secondary N) is 2. The van der Waals surface area contributed by atoms with E-state index in [2.05, 4.69) is 10.6 Å². The minimum Gasteiger partial charge on any atom is -0.497 e. The Bertz CT molecular complexity index is 862. The van der Waals surface area contributed by atoms with E-state index in [9.17, 15) is 13.2 Å². The Kier molecular flexibility index (Phi) is 4.94. The number of ether oxygens (including phenoxy) is 1. The molecule has 0 aliphatic heterocycles. The van der Waals surface area contributed by atoms with E-state index in [1.54, 1.807) is 42.5 Å². The first-order valence-corrected chi connectivity index (χ1v) is 9.50. The summed E-state index contributed by atoms with van der Waals surface area (Å²) >= 11 is 0. The van der Waals surface area contributed by atoms with Gasteiger partial charge in [-0.05, 0) is 37.1 Å². The van der Waals surface area contributed by atoms with Crippen molar-refractivity contribution in [3.05, 3.63) is 48.5 Å². The summed E-state index contributed by atoms with van der Waals surface area (Å²) in [6.07, 6.45) is 2.00. The Morgan fingerprint density at radius 2 is 1.88 bits per heavy atom. The molecule has 132 valence electrons. The quantitative estimate of drug-likeness (QED) is 0.791. The maximum atomic E-state index is 13.0. The highest BCUT2D eigenvalue weighted by molar-refractivity contribution is 7.91. The third kappa shape index (κ3) is 4.11. The van der Waals surface area contributed by atoms with Crippen LogP contribution in [-0.4, -0.2) is 34.0 Å². The van der Waals surface area contributed by atoms with Crippen molar-refractivity contribution in [2.45, 2.75) is 28.7 Å². The predicted molar refractivity (Wildman–Crippen MR) is 94.5 cm³/mol. The highest BCUT2D eigenvalue weighted by Gasteiger charge is 2.24. The Morgan fingerprint density at radius 1 is 1.16 bits per heavy atom. The van der Waals surface area contributed by atoms with Crippen LogP contribution in [0.4, 0.5) is 5.69 Å². The van der Waals surface area contributed by atoms with Crippen molar-refractivity contribution in [3.8, 4) is 5.75 Å². The minimum absolute atomic E-state index is 0.0140. The smallest absolute Gasteiger partial charge is 0.239 e. The molecule has 0 aromatic heterocycles. The summed E-state index contributed by atoms with van der Waals surface area (Å²) in [6.45, 7) is 0.0140. The second kappa shape index (κ2) is 7.14. The predicted octanol–water partition coefficient (Wildman–Crippen LogP) is 2.22. The standard InChI is InChI=1S/C18H20N2O4S/c1-24-14-9-10-16(19-12-18(21)20-13-7-8-13)17(11-14)25(22,23)15-5-3-2-4-6-15/h2-6,9-11,13,19H,7-8,12H2,1H3,(H,20,21). The van der Waals surface area contributed by atoms with Gasteiger partial charge in [-0.3, -0.25) is 4.79 Å². The molecule has 0 bridgehead atoms. The van der Waals surface area contributed by atoms with Crippen LogP contribution in [0.15, 0.2) is 58.3 Å². The number of anilines is 1. The number of sulfone groups is 1. The van der Waals surface area contributed by atoms with Crippen molar-refractivity contribution in [2.24, 2.45) is 0 Å². The van der Waals surface area contributed by atoms with Crippen LogP contribution >= 0.6 is 0 Å². The lowest BCUT2D eigenvalue weighted by atomic mass is 10.3. The van der Waals surface area contributed by atoms with Crippen molar-refractivity contribution in [3.63, 3.8) is 0 Å². The normalized spacial score (nSPS) is 14.0. The van der Waals surface area contributed by atoms with Crippen LogP contribution in [0, 0.1) is 0 Å². The zero-order chi connectivity index (χ0) is 17.9. The molecule has 1 amide bonds. The van der Waals surface area contributed by atoms with Crippen molar-refractivity contribution in [2.75, 3.05) is 19.0 Å². The Balaban J connectivity index is 1.89. The lowest BCUT2D eigenvalue weighted by Crippen LogP contribution is -2.31. The summed E-state index contributed by atoms with van der Waals surface area (Å²) in [5.41, 5.74) is 0.371. The Morgan fingerprint density at radius 3 is 2.52 bits per heavy atom. The fourth-order valence-electron chi connectivity index (χ4n) is 2.41. The van der Waals surface area contributed by atoms with Crippen molar-refractivity contribution in [1.82, 2.24) is 5.32 Å². The van der Waals surface area contributed by atoms with Crippen LogP contribution in [0.5, 0.6) is 5.75 Å². The molecule has 2 aromatic carbocycles. The third-order valence-corrected chi connectivity index (χ3v) is 5.72. The van der Waals surface area contributed by atoms with E-state index in [0.29, 0.717) is 11.4 Å². The van der Waals surface area contributed by atoms with Crippen LogP contribution in [0.25, 0.3) is 0 Å². The maximum Gasteiger partial charge on any atom is 0.239 e. The summed E-state index contributed by atoms with van der Waals surface area (Å²) in [7, 11) is -2.26. The summed E-state index contributed by atoms with van der Waals surface area (Å²) in [4.78, 5) is 12.1. The number of methoxy groups -OCH3 is 1. The van der Waals surface area contributed by atoms with Gasteiger partial charge in [-0.25, -0.2) is 8.42 Å². The number of hydrogen-bond acceptors (Lipinski definition) is 5. The zero-order valence-electron chi connectivity index (χ0n) is 13.9. The van der Waals surface area contributed by atoms with Gasteiger partial charge >= 0.3 is 0 Å². The molecular weight excluding hydrogens is 340 g/mol. The molecule has 1 fully saturated rings. The van der Waals surface area contributed by atoms with Crippen LogP contribution in [-0.2, 0) is 14.6 Å². The van der Waals surface area contributed by atoms with Gasteiger partial charge in [-0.15, -0.1) is 0 Å². The van der Waals surface area contributed by atoms with Gasteiger partial charge in [-0.1, -0.05) is 18.2 Å². The molecule has 7 heteroatoms. The molecule has 3 rings (SSSR count). The van der Waals surface area contributed by atoms with E-state index < -0.39 is 9.84 Å². The SMILES string of the molecule is COc1ccc(NCC(=O)NC2CC2)c(S(=O)(=O)c2ccccc2)c1. The molecule has 2 aromatic rings. The first-order chi connectivity index (χ1) is 12.0. The number of amides is 1. The van der Waals surface area contributed by atoms with Crippen LogP contribution in [0.2, 0.25) is 0 Å². The molecule has 1 aliphatic carbocycles. The fraction of sp³-hybridized carbons (Fsp3) is 0.278. The molecule has 6 nitrogen and oxygen atoms in total. The molecule has 1 saturated carbocycles. The summed E-state index contributed by atoms with van der Waals surface area (Å²) in [6, 6.07) is 13.2. The summed E-state index contributed by atoms with van der Waals surface area (Å²) < 4.78 is 31.1. The molecular formula is C18H20N2O4S. The van der Waals surface area contributed by atoms with Gasteiger partial charge < -0.3 is 15.4 Å². The number of hydrogen-bond donors (Lipinski definition) is 2. The third-order valence-electron chi connectivity index (χ3n) is 3.91. The van der Waals surface area contributed by atoms with Crippen LogP contribution < -0.4 is 15.4 Å². The number of rotatable bonds is 7. The number of carbonyl (C=O) groups excluding carboxylic acids is 1. The van der Waals surface area contributed by atoms with Gasteiger partial charge in [0, 0.05) is 12.1 Å². The molecule has 0 unspecified atom stereocenters. The van der Waals surface area contributed by atoms with Crippen LogP contribution in [0.1, 0.15) is 12.8 Å². The topological polar surface area (TPSA) is 84.5 Å². The number of benzene rings is 2. The summed E-state index contributed by atoms with van der Waals surface area (Å²) in [5, 5.41) is 5.79. The van der Waals surface area contributed by atoms with E-state index in [1.165, 1.54) is 13.2 Å². The molecule has 0 atom stereocenters. The van der Waals surface area contributed by atoms with Crippen LogP contribution in [0.3, 0.4) is 0 Å². The van der Waals surface area contributed by atoms with Gasteiger partial charge in [0.1, 0.15) is 5.75 Å². The molecule has 0 saturated heterocycles. The highest BCUT2D eigenvalue weighted by atomic mass is 32.2. The average molecular weight is 360 g/mol. The van der Waals surface area contributed by atoms with E-state index in [4.69, 9.17) is 4.74 Å². The second-order valence-corrected chi connectivity index (χ2v) is 7.79. The van der Waals surface area contributed by atoms with Crippen molar-refractivity contribution >= 4 is 21.4 Å². The van der Waals surface area contributed by atoms with E-state index in [-0.39, 0.29) is 28.3 Å². The van der Waals surface area contributed by atoms with Crippen molar-refractivity contribution < 1.29 is 17.9 Å². The first kappa shape index (κ1) is 17.3. The fourth-order valence-corrected chi connectivity index (χ4v) is 3.88. The molecule has 0 spiro atoms. The van der Waals surface area contributed by atoms with E-state index >= 15 is 0 Å². The molecule has 2 N–H and O–H groups in total. The molecule has 25 heavy (non-hydrogen) atoms. The largest absolute Gasteiger partial charge is 0.497 e. The maximum absolute atomic E-state index is 13.0. The minimum atomic E-state index is -3.74. The van der Waals surface area contributed by atoms with Gasteiger partial charge in [0.15, 0.2) is 0 Å². The van der Waals surface area contributed by atoms with Gasteiger partial charge in [0.05, 0.1) is 29.1 Å².